The van der Waals surface area contributed by atoms with Crippen molar-refractivity contribution in [3.05, 3.63) is 24.3 Å². The molecule has 0 aliphatic heterocycles. The molecule has 1 aromatic carbocycles. The molecule has 1 rings (SSSR count). The molecular weight excluding hydrogens is 242 g/mol. The third-order valence-corrected chi connectivity index (χ3v) is 2.65. The Hall–Kier alpha value is -1.77. The number of aliphatic hydroxyl groups excluding tert-OH is 1. The van der Waals surface area contributed by atoms with E-state index in [0.717, 1.165) is 0 Å². The van der Waals surface area contributed by atoms with Crippen LogP contribution < -0.4 is 10.5 Å². The lowest BCUT2D eigenvalue weighted by molar-refractivity contribution is 0.0744. The van der Waals surface area contributed by atoms with E-state index in [0.29, 0.717) is 24.5 Å². The second-order valence-electron chi connectivity index (χ2n) is 4.79. The van der Waals surface area contributed by atoms with Crippen LogP contribution in [0.25, 0.3) is 0 Å². The summed E-state index contributed by atoms with van der Waals surface area (Å²) in [6, 6.07) is 9.21. The molecule has 0 radical (unpaired) electrons. The molecule has 3 N–H and O–H groups in total. The van der Waals surface area contributed by atoms with E-state index < -0.39 is 6.10 Å². The van der Waals surface area contributed by atoms with Crippen LogP contribution in [-0.2, 0) is 0 Å². The van der Waals surface area contributed by atoms with Crippen LogP contribution in [0.3, 0.4) is 0 Å². The molecule has 0 aliphatic carbocycles. The number of aliphatic hydroxyl groups is 1. The number of anilines is 1. The molecule has 0 saturated heterocycles. The smallest absolute Gasteiger partial charge is 0.119 e. The Morgan fingerprint density at radius 1 is 1.37 bits per heavy atom. The van der Waals surface area contributed by atoms with E-state index in [9.17, 15) is 5.11 Å². The molecular formula is C14H21N3O2. The second-order valence-corrected chi connectivity index (χ2v) is 4.79. The van der Waals surface area contributed by atoms with Gasteiger partial charge < -0.3 is 20.5 Å². The fourth-order valence-corrected chi connectivity index (χ4v) is 1.75. The molecule has 0 fully saturated rings. The van der Waals surface area contributed by atoms with E-state index in [-0.39, 0.29) is 12.5 Å². The van der Waals surface area contributed by atoms with Crippen molar-refractivity contribution < 1.29 is 9.84 Å². The molecule has 19 heavy (non-hydrogen) atoms. The molecule has 2 unspecified atom stereocenters. The van der Waals surface area contributed by atoms with Gasteiger partial charge >= 0.3 is 0 Å². The standard InChI is InChI=1S/C14H21N3O2/c1-11(7-15)8-17(2)9-13(18)10-19-14-5-3-12(16)4-6-14/h3-6,11,13,18H,8-10,16H2,1-2H3. The van der Waals surface area contributed by atoms with Gasteiger partial charge in [-0.05, 0) is 38.2 Å². The molecule has 0 aliphatic rings. The number of nitrogens with zero attached hydrogens (tertiary/aromatic N) is 2. The van der Waals surface area contributed by atoms with Gasteiger partial charge in [-0.25, -0.2) is 0 Å². The summed E-state index contributed by atoms with van der Waals surface area (Å²) >= 11 is 0. The first-order valence-corrected chi connectivity index (χ1v) is 6.26. The van der Waals surface area contributed by atoms with Gasteiger partial charge in [0.15, 0.2) is 0 Å². The van der Waals surface area contributed by atoms with Crippen molar-refractivity contribution in [2.24, 2.45) is 5.92 Å². The number of nitriles is 1. The van der Waals surface area contributed by atoms with Crippen LogP contribution >= 0.6 is 0 Å². The number of hydrogen-bond donors (Lipinski definition) is 2. The second kappa shape index (κ2) is 7.62. The summed E-state index contributed by atoms with van der Waals surface area (Å²) in [5.41, 5.74) is 6.25. The van der Waals surface area contributed by atoms with Crippen molar-refractivity contribution in [2.45, 2.75) is 13.0 Å². The van der Waals surface area contributed by atoms with Crippen LogP contribution in [0, 0.1) is 17.2 Å². The summed E-state index contributed by atoms with van der Waals surface area (Å²) in [5, 5.41) is 18.6. The Morgan fingerprint density at radius 2 is 2.00 bits per heavy atom. The zero-order chi connectivity index (χ0) is 14.3. The lowest BCUT2D eigenvalue weighted by Gasteiger charge is -2.21. The first-order chi connectivity index (χ1) is 9.01. The van der Waals surface area contributed by atoms with Crippen LogP contribution in [0.2, 0.25) is 0 Å². The molecule has 0 aromatic heterocycles. The number of rotatable bonds is 7. The maximum Gasteiger partial charge on any atom is 0.119 e. The van der Waals surface area contributed by atoms with Crippen molar-refractivity contribution >= 4 is 5.69 Å². The van der Waals surface area contributed by atoms with Gasteiger partial charge in [-0.2, -0.15) is 5.26 Å². The summed E-state index contributed by atoms with van der Waals surface area (Å²) in [6.07, 6.45) is -0.589. The van der Waals surface area contributed by atoms with Crippen LogP contribution in [0.15, 0.2) is 24.3 Å². The average Bonchev–Trinajstić information content (AvgIpc) is 2.37. The minimum atomic E-state index is -0.589. The molecule has 0 saturated carbocycles. The van der Waals surface area contributed by atoms with Gasteiger partial charge in [-0.1, -0.05) is 0 Å². The van der Waals surface area contributed by atoms with Crippen LogP contribution in [-0.4, -0.2) is 42.9 Å². The minimum absolute atomic E-state index is 0.0461. The monoisotopic (exact) mass is 263 g/mol. The van der Waals surface area contributed by atoms with Gasteiger partial charge in [0.25, 0.3) is 0 Å². The number of benzene rings is 1. The van der Waals surface area contributed by atoms with E-state index in [4.69, 9.17) is 15.7 Å². The molecule has 0 bridgehead atoms. The summed E-state index contributed by atoms with van der Waals surface area (Å²) in [7, 11) is 1.88. The molecule has 0 amide bonds. The minimum Gasteiger partial charge on any atom is -0.491 e. The van der Waals surface area contributed by atoms with E-state index in [1.54, 1.807) is 24.3 Å². The van der Waals surface area contributed by atoms with Crippen LogP contribution in [0.1, 0.15) is 6.92 Å². The first-order valence-electron chi connectivity index (χ1n) is 6.26. The molecule has 104 valence electrons. The zero-order valence-electron chi connectivity index (χ0n) is 11.4. The predicted molar refractivity (Wildman–Crippen MR) is 74.6 cm³/mol. The zero-order valence-corrected chi connectivity index (χ0v) is 11.4. The molecule has 2 atom stereocenters. The largest absolute Gasteiger partial charge is 0.491 e. The third kappa shape index (κ3) is 6.09. The van der Waals surface area contributed by atoms with Gasteiger partial charge in [0.2, 0.25) is 0 Å². The van der Waals surface area contributed by atoms with Crippen molar-refractivity contribution in [3.8, 4) is 11.8 Å². The lowest BCUT2D eigenvalue weighted by atomic mass is 10.2. The third-order valence-electron chi connectivity index (χ3n) is 2.65. The summed E-state index contributed by atoms with van der Waals surface area (Å²) < 4.78 is 5.46. The molecule has 1 aromatic rings. The topological polar surface area (TPSA) is 82.5 Å². The van der Waals surface area contributed by atoms with Crippen molar-refractivity contribution in [1.82, 2.24) is 4.90 Å². The summed E-state index contributed by atoms with van der Waals surface area (Å²) in [5.74, 6) is 0.636. The first kappa shape index (κ1) is 15.3. The Morgan fingerprint density at radius 3 is 2.58 bits per heavy atom. The number of nitrogen functional groups attached to an aromatic ring is 1. The Labute approximate surface area is 114 Å². The van der Waals surface area contributed by atoms with E-state index >= 15 is 0 Å². The highest BCUT2D eigenvalue weighted by Gasteiger charge is 2.11. The van der Waals surface area contributed by atoms with Gasteiger partial charge in [0, 0.05) is 18.8 Å². The van der Waals surface area contributed by atoms with Crippen LogP contribution in [0.4, 0.5) is 5.69 Å². The van der Waals surface area contributed by atoms with E-state index in [1.807, 2.05) is 18.9 Å². The van der Waals surface area contributed by atoms with Gasteiger partial charge in [-0.3, -0.25) is 0 Å². The molecule has 0 spiro atoms. The van der Waals surface area contributed by atoms with Crippen molar-refractivity contribution in [3.63, 3.8) is 0 Å². The number of likely N-dealkylation sites (N-methyl/N-ethyl adjacent to an activating group) is 1. The predicted octanol–water partition coefficient (Wildman–Crippen LogP) is 1.10. The van der Waals surface area contributed by atoms with E-state index in [2.05, 4.69) is 6.07 Å². The highest BCUT2D eigenvalue weighted by Crippen LogP contribution is 2.13. The fourth-order valence-electron chi connectivity index (χ4n) is 1.75. The number of hydrogen-bond acceptors (Lipinski definition) is 5. The lowest BCUT2D eigenvalue weighted by Crippen LogP contribution is -2.35. The summed E-state index contributed by atoms with van der Waals surface area (Å²) in [6.45, 7) is 3.18. The molecule has 0 heterocycles. The quantitative estimate of drug-likeness (QED) is 0.720. The molecule has 5 nitrogen and oxygen atoms in total. The maximum atomic E-state index is 9.85. The Bertz CT molecular complexity index is 414. The van der Waals surface area contributed by atoms with Crippen molar-refractivity contribution in [2.75, 3.05) is 32.5 Å². The maximum absolute atomic E-state index is 9.85. The highest BCUT2D eigenvalue weighted by molar-refractivity contribution is 5.41. The van der Waals surface area contributed by atoms with Crippen molar-refractivity contribution in [1.29, 1.82) is 5.26 Å². The van der Waals surface area contributed by atoms with E-state index in [1.165, 1.54) is 0 Å². The Balaban J connectivity index is 2.29. The normalized spacial score (nSPS) is 13.8. The van der Waals surface area contributed by atoms with Crippen LogP contribution in [0.5, 0.6) is 5.75 Å². The van der Waals surface area contributed by atoms with Gasteiger partial charge in [-0.15, -0.1) is 0 Å². The Kier molecular flexibility index (Phi) is 6.13. The van der Waals surface area contributed by atoms with Gasteiger partial charge in [0.1, 0.15) is 18.5 Å². The SMILES string of the molecule is CC(C#N)CN(C)CC(O)COc1ccc(N)cc1. The number of ether oxygens (including phenoxy) is 1. The fraction of sp³-hybridized carbons (Fsp3) is 0.500. The summed E-state index contributed by atoms with van der Waals surface area (Å²) in [4.78, 5) is 1.92. The molecule has 5 heteroatoms. The highest BCUT2D eigenvalue weighted by atomic mass is 16.5. The number of nitrogens with two attached hydrogens (primary N) is 1. The average molecular weight is 263 g/mol. The van der Waals surface area contributed by atoms with Gasteiger partial charge in [0.05, 0.1) is 12.0 Å².